The number of rotatable bonds is 2. The van der Waals surface area contributed by atoms with Crippen LogP contribution in [0, 0.1) is 18.3 Å². The molecule has 0 aliphatic rings. The van der Waals surface area contributed by atoms with Crippen LogP contribution in [0.4, 0.5) is 0 Å². The van der Waals surface area contributed by atoms with Gasteiger partial charge in [-0.25, -0.2) is 9.78 Å². The largest absolute Gasteiger partial charge is 0.477 e. The number of hydrogen-bond donors (Lipinski definition) is 1. The fraction of sp³-hybridized carbons (Fsp3) is 0.125. The number of carbonyl (C=O) groups is 1. The molecule has 1 rings (SSSR count). The highest BCUT2D eigenvalue weighted by Crippen LogP contribution is 2.16. The smallest absolute Gasteiger partial charge is 0.346 e. The van der Waals surface area contributed by atoms with Gasteiger partial charge in [0.25, 0.3) is 0 Å². The molecule has 5 heteroatoms. The summed E-state index contributed by atoms with van der Waals surface area (Å²) in [7, 11) is 0. The molecule has 1 aromatic rings. The summed E-state index contributed by atoms with van der Waals surface area (Å²) in [5.41, 5.74) is 2.07. The van der Waals surface area contributed by atoms with Gasteiger partial charge in [0.05, 0.1) is 16.1 Å². The number of aliphatic carboxylic acids is 1. The van der Waals surface area contributed by atoms with Crippen LogP contribution < -0.4 is 0 Å². The average molecular weight is 194 g/mol. The zero-order valence-electron chi connectivity index (χ0n) is 6.81. The first-order valence-electron chi connectivity index (χ1n) is 3.40. The maximum Gasteiger partial charge on any atom is 0.346 e. The Bertz CT molecular complexity index is 401. The first kappa shape index (κ1) is 9.42. The molecule has 0 spiro atoms. The molecule has 0 saturated heterocycles. The van der Waals surface area contributed by atoms with Gasteiger partial charge in [-0.3, -0.25) is 0 Å². The van der Waals surface area contributed by atoms with Crippen LogP contribution in [0.2, 0.25) is 0 Å². The van der Waals surface area contributed by atoms with Crippen molar-refractivity contribution in [1.82, 2.24) is 4.98 Å². The van der Waals surface area contributed by atoms with Gasteiger partial charge >= 0.3 is 5.97 Å². The van der Waals surface area contributed by atoms with E-state index in [4.69, 9.17) is 10.4 Å². The molecular weight excluding hydrogens is 188 g/mol. The normalized spacial score (nSPS) is 10.9. The predicted octanol–water partition coefficient (Wildman–Crippen LogP) is 1.44. The SMILES string of the molecule is Cc1ncsc1C=C(C#N)C(=O)O. The van der Waals surface area contributed by atoms with Gasteiger partial charge in [-0.2, -0.15) is 5.26 Å². The van der Waals surface area contributed by atoms with E-state index in [1.54, 1.807) is 18.5 Å². The second-order valence-electron chi connectivity index (χ2n) is 2.28. The first-order valence-corrected chi connectivity index (χ1v) is 4.28. The van der Waals surface area contributed by atoms with Crippen molar-refractivity contribution in [2.24, 2.45) is 0 Å². The van der Waals surface area contributed by atoms with E-state index in [0.29, 0.717) is 4.88 Å². The quantitative estimate of drug-likeness (QED) is 0.571. The second kappa shape index (κ2) is 3.83. The molecule has 4 nitrogen and oxygen atoms in total. The van der Waals surface area contributed by atoms with Gasteiger partial charge in [0.2, 0.25) is 0 Å². The first-order chi connectivity index (χ1) is 6.15. The van der Waals surface area contributed by atoms with Gasteiger partial charge in [-0.05, 0) is 13.0 Å². The molecule has 0 bridgehead atoms. The van der Waals surface area contributed by atoms with E-state index in [1.807, 2.05) is 0 Å². The van der Waals surface area contributed by atoms with Crippen molar-refractivity contribution in [2.75, 3.05) is 0 Å². The van der Waals surface area contributed by atoms with Gasteiger partial charge in [-0.15, -0.1) is 11.3 Å². The molecule has 0 saturated carbocycles. The fourth-order valence-electron chi connectivity index (χ4n) is 0.722. The van der Waals surface area contributed by atoms with Gasteiger partial charge in [0.15, 0.2) is 0 Å². The van der Waals surface area contributed by atoms with Gasteiger partial charge < -0.3 is 5.11 Å². The third-order valence-electron chi connectivity index (χ3n) is 1.41. The van der Waals surface area contributed by atoms with Crippen molar-refractivity contribution < 1.29 is 9.90 Å². The average Bonchev–Trinajstić information content (AvgIpc) is 2.46. The van der Waals surface area contributed by atoms with Crippen molar-refractivity contribution in [3.8, 4) is 6.07 Å². The fourth-order valence-corrected chi connectivity index (χ4v) is 1.46. The number of carboxylic acid groups (broad SMARTS) is 1. The lowest BCUT2D eigenvalue weighted by molar-refractivity contribution is -0.132. The summed E-state index contributed by atoms with van der Waals surface area (Å²) in [6.07, 6.45) is 1.33. The van der Waals surface area contributed by atoms with Crippen LogP contribution in [0.25, 0.3) is 6.08 Å². The zero-order chi connectivity index (χ0) is 9.84. The van der Waals surface area contributed by atoms with E-state index >= 15 is 0 Å². The Labute approximate surface area is 78.8 Å². The van der Waals surface area contributed by atoms with Crippen LogP contribution in [-0.2, 0) is 4.79 Å². The number of aromatic nitrogens is 1. The van der Waals surface area contributed by atoms with E-state index in [0.717, 1.165) is 5.69 Å². The highest BCUT2D eigenvalue weighted by atomic mass is 32.1. The Balaban J connectivity index is 3.07. The predicted molar refractivity (Wildman–Crippen MR) is 48.1 cm³/mol. The van der Waals surface area contributed by atoms with E-state index in [-0.39, 0.29) is 5.57 Å². The second-order valence-corrected chi connectivity index (χ2v) is 3.16. The molecule has 0 aliphatic heterocycles. The van der Waals surface area contributed by atoms with Gasteiger partial charge in [0.1, 0.15) is 11.6 Å². The molecule has 1 N–H and O–H groups in total. The summed E-state index contributed by atoms with van der Waals surface area (Å²) in [6.45, 7) is 1.76. The summed E-state index contributed by atoms with van der Waals surface area (Å²) in [5, 5.41) is 17.0. The molecule has 0 atom stereocenters. The number of hydrogen-bond acceptors (Lipinski definition) is 4. The summed E-state index contributed by atoms with van der Waals surface area (Å²) in [6, 6.07) is 1.61. The molecule has 66 valence electrons. The third kappa shape index (κ3) is 2.13. The maximum atomic E-state index is 10.5. The number of nitriles is 1. The van der Waals surface area contributed by atoms with E-state index < -0.39 is 5.97 Å². The van der Waals surface area contributed by atoms with E-state index in [2.05, 4.69) is 4.98 Å². The highest BCUT2D eigenvalue weighted by molar-refractivity contribution is 7.10. The third-order valence-corrected chi connectivity index (χ3v) is 2.29. The lowest BCUT2D eigenvalue weighted by atomic mass is 10.2. The minimum Gasteiger partial charge on any atom is -0.477 e. The van der Waals surface area contributed by atoms with Crippen molar-refractivity contribution in [2.45, 2.75) is 6.92 Å². The lowest BCUT2D eigenvalue weighted by Gasteiger charge is -1.89. The summed E-state index contributed by atoms with van der Waals surface area (Å²) in [5.74, 6) is -1.21. The van der Waals surface area contributed by atoms with Crippen molar-refractivity contribution in [3.05, 3.63) is 21.7 Å². The van der Waals surface area contributed by atoms with Crippen LogP contribution in [-0.4, -0.2) is 16.1 Å². The monoisotopic (exact) mass is 194 g/mol. The van der Waals surface area contributed by atoms with E-state index in [1.165, 1.54) is 17.4 Å². The van der Waals surface area contributed by atoms with E-state index in [9.17, 15) is 4.79 Å². The van der Waals surface area contributed by atoms with Gasteiger partial charge in [-0.1, -0.05) is 0 Å². The number of carboxylic acids is 1. The van der Waals surface area contributed by atoms with Crippen LogP contribution in [0.3, 0.4) is 0 Å². The number of thiazole rings is 1. The molecule has 0 unspecified atom stereocenters. The van der Waals surface area contributed by atoms with Crippen LogP contribution in [0.5, 0.6) is 0 Å². The summed E-state index contributed by atoms with van der Waals surface area (Å²) >= 11 is 1.31. The van der Waals surface area contributed by atoms with Crippen LogP contribution in [0.15, 0.2) is 11.1 Å². The van der Waals surface area contributed by atoms with Crippen LogP contribution >= 0.6 is 11.3 Å². The Morgan fingerprint density at radius 3 is 2.92 bits per heavy atom. The summed E-state index contributed by atoms with van der Waals surface area (Å²) < 4.78 is 0. The number of nitrogens with zero attached hydrogens (tertiary/aromatic N) is 2. The molecule has 0 aromatic carbocycles. The Morgan fingerprint density at radius 2 is 2.54 bits per heavy atom. The topological polar surface area (TPSA) is 74.0 Å². The van der Waals surface area contributed by atoms with Crippen molar-refractivity contribution >= 4 is 23.4 Å². The molecule has 0 radical (unpaired) electrons. The highest BCUT2D eigenvalue weighted by Gasteiger charge is 2.07. The van der Waals surface area contributed by atoms with Crippen molar-refractivity contribution in [1.29, 1.82) is 5.26 Å². The molecular formula is C8H6N2O2S. The Kier molecular flexibility index (Phi) is 2.77. The minimum absolute atomic E-state index is 0.271. The van der Waals surface area contributed by atoms with Crippen LogP contribution in [0.1, 0.15) is 10.6 Å². The lowest BCUT2D eigenvalue weighted by Crippen LogP contribution is -1.97. The Hall–Kier alpha value is -1.67. The van der Waals surface area contributed by atoms with Crippen molar-refractivity contribution in [3.63, 3.8) is 0 Å². The molecule has 0 fully saturated rings. The number of aryl methyl sites for hydroxylation is 1. The Morgan fingerprint density at radius 1 is 1.85 bits per heavy atom. The van der Waals surface area contributed by atoms with Gasteiger partial charge in [0, 0.05) is 0 Å². The molecule has 1 heterocycles. The minimum atomic E-state index is -1.21. The standard InChI is InChI=1S/C8H6N2O2S/c1-5-7(13-4-10-5)2-6(3-9)8(11)12/h2,4H,1H3,(H,11,12). The molecule has 1 aromatic heterocycles. The summed E-state index contributed by atoms with van der Waals surface area (Å²) in [4.78, 5) is 15.1. The maximum absolute atomic E-state index is 10.5. The molecule has 0 aliphatic carbocycles. The zero-order valence-corrected chi connectivity index (χ0v) is 7.63. The molecule has 0 amide bonds. The molecule has 13 heavy (non-hydrogen) atoms.